The van der Waals surface area contributed by atoms with Gasteiger partial charge in [-0.2, -0.15) is 0 Å². The molecule has 0 spiro atoms. The lowest BCUT2D eigenvalue weighted by molar-refractivity contribution is -0.144. The number of unbranched alkanes of at least 4 members (excludes halogenated alkanes) is 3. The van der Waals surface area contributed by atoms with Gasteiger partial charge in [-0.3, -0.25) is 4.79 Å². The number of carbonyl (C=O) groups is 1. The molecule has 0 heterocycles. The van der Waals surface area contributed by atoms with Gasteiger partial charge in [-0.1, -0.05) is 50.5 Å². The number of halogens is 1. The second kappa shape index (κ2) is 14.5. The van der Waals surface area contributed by atoms with Crippen molar-refractivity contribution in [2.24, 2.45) is 5.92 Å². The quantitative estimate of drug-likeness (QED) is 0.184. The van der Waals surface area contributed by atoms with Gasteiger partial charge in [0.05, 0.1) is 18.8 Å². The molecule has 5 atom stereocenters. The molecule has 1 saturated carbocycles. The Bertz CT molecular complexity index is 739. The number of aliphatic hydroxyl groups excluding tert-OH is 3. The lowest BCUT2D eigenvalue weighted by Crippen LogP contribution is -2.18. The first kappa shape index (κ1) is 26.7. The lowest BCUT2D eigenvalue weighted by atomic mass is 9.85. The van der Waals surface area contributed by atoms with Gasteiger partial charge >= 0.3 is 5.97 Å². The number of hydrogen-bond donors (Lipinski definition) is 3. The maximum atomic E-state index is 11.4. The third-order valence-corrected chi connectivity index (χ3v) is 6.60. The summed E-state index contributed by atoms with van der Waals surface area (Å²) in [6.07, 6.45) is 5.69. The fraction of sp³-hybridized carbons (Fsp3) is 0.654. The van der Waals surface area contributed by atoms with E-state index in [1.54, 1.807) is 0 Å². The molecule has 2 rings (SSSR count). The summed E-state index contributed by atoms with van der Waals surface area (Å²) in [7, 11) is 0. The molecule has 0 amide bonds. The zero-order valence-electron chi connectivity index (χ0n) is 19.0. The summed E-state index contributed by atoms with van der Waals surface area (Å²) >= 11 is 6.55. The number of aliphatic hydroxyl groups is 3. The third kappa shape index (κ3) is 8.41. The van der Waals surface area contributed by atoms with Crippen molar-refractivity contribution in [2.75, 3.05) is 13.2 Å². The van der Waals surface area contributed by atoms with Crippen molar-refractivity contribution < 1.29 is 24.9 Å². The molecule has 3 N–H and O–H groups in total. The van der Waals surface area contributed by atoms with Gasteiger partial charge in [-0.05, 0) is 36.3 Å². The molecule has 6 heteroatoms. The first-order valence-electron chi connectivity index (χ1n) is 11.8. The molecule has 3 unspecified atom stereocenters. The molecule has 1 fully saturated rings. The molecule has 178 valence electrons. The first-order valence-corrected chi connectivity index (χ1v) is 12.2. The molecule has 1 aliphatic carbocycles. The predicted octanol–water partition coefficient (Wildman–Crippen LogP) is 4.47. The summed E-state index contributed by atoms with van der Waals surface area (Å²) in [6.45, 7) is 2.02. The third-order valence-electron chi connectivity index (χ3n) is 6.09. The van der Waals surface area contributed by atoms with Gasteiger partial charge in [0, 0.05) is 30.6 Å². The lowest BCUT2D eigenvalue weighted by Gasteiger charge is -2.23. The van der Waals surface area contributed by atoms with Gasteiger partial charge in [0.25, 0.3) is 0 Å². The van der Waals surface area contributed by atoms with Crippen molar-refractivity contribution in [1.29, 1.82) is 0 Å². The molecular formula is C26H37ClO5. The number of ether oxygens (including phenoxy) is 1. The highest BCUT2D eigenvalue weighted by Gasteiger charge is 2.41. The summed E-state index contributed by atoms with van der Waals surface area (Å²) in [5.74, 6) is 5.93. The maximum Gasteiger partial charge on any atom is 0.305 e. The molecule has 0 aromatic heterocycles. The minimum Gasteiger partial charge on any atom is -0.463 e. The molecular weight excluding hydrogens is 428 g/mol. The smallest absolute Gasteiger partial charge is 0.305 e. The van der Waals surface area contributed by atoms with Crippen LogP contribution in [-0.2, 0) is 9.53 Å². The van der Waals surface area contributed by atoms with E-state index in [0.717, 1.165) is 36.8 Å². The van der Waals surface area contributed by atoms with E-state index in [1.165, 1.54) is 0 Å². The van der Waals surface area contributed by atoms with Gasteiger partial charge in [0.2, 0.25) is 0 Å². The number of benzene rings is 1. The predicted molar refractivity (Wildman–Crippen MR) is 126 cm³/mol. The molecule has 32 heavy (non-hydrogen) atoms. The highest BCUT2D eigenvalue weighted by Crippen LogP contribution is 2.44. The van der Waals surface area contributed by atoms with Crippen molar-refractivity contribution in [1.82, 2.24) is 0 Å². The summed E-state index contributed by atoms with van der Waals surface area (Å²) in [6, 6.07) is 7.91. The van der Waals surface area contributed by atoms with Gasteiger partial charge in [-0.15, -0.1) is 23.4 Å². The molecule has 0 bridgehead atoms. The van der Waals surface area contributed by atoms with Crippen LogP contribution in [0.15, 0.2) is 24.3 Å². The van der Waals surface area contributed by atoms with Crippen molar-refractivity contribution in [3.05, 3.63) is 35.4 Å². The zero-order chi connectivity index (χ0) is 23.3. The second-order valence-corrected chi connectivity index (χ2v) is 9.10. The van der Waals surface area contributed by atoms with Crippen LogP contribution in [0.5, 0.6) is 0 Å². The molecule has 0 radical (unpaired) electrons. The maximum absolute atomic E-state index is 11.4. The minimum atomic E-state index is -0.508. The Hall–Kier alpha value is -1.58. The Morgan fingerprint density at radius 2 is 1.97 bits per heavy atom. The van der Waals surface area contributed by atoms with Crippen LogP contribution in [0.1, 0.15) is 87.9 Å². The highest BCUT2D eigenvalue weighted by atomic mass is 35.5. The van der Waals surface area contributed by atoms with Crippen LogP contribution < -0.4 is 0 Å². The number of rotatable bonds is 12. The number of esters is 1. The van der Waals surface area contributed by atoms with Gasteiger partial charge in [-0.25, -0.2) is 0 Å². The average Bonchev–Trinajstić information content (AvgIpc) is 3.07. The van der Waals surface area contributed by atoms with E-state index < -0.39 is 12.2 Å². The van der Waals surface area contributed by atoms with Gasteiger partial charge < -0.3 is 20.1 Å². The number of hydrogen-bond acceptors (Lipinski definition) is 5. The highest BCUT2D eigenvalue weighted by molar-refractivity contribution is 6.21. The van der Waals surface area contributed by atoms with Gasteiger partial charge in [0.1, 0.15) is 6.61 Å². The average molecular weight is 465 g/mol. The summed E-state index contributed by atoms with van der Waals surface area (Å²) in [4.78, 5) is 11.4. The van der Waals surface area contributed by atoms with Crippen LogP contribution in [0.25, 0.3) is 0 Å². The minimum absolute atomic E-state index is 0.0335. The first-order chi connectivity index (χ1) is 15.5. The Kier molecular flexibility index (Phi) is 12.1. The normalized spacial score (nSPS) is 23.4. The Morgan fingerprint density at radius 1 is 1.22 bits per heavy atom. The Labute approximate surface area is 197 Å². The van der Waals surface area contributed by atoms with E-state index in [-0.39, 0.29) is 42.8 Å². The second-order valence-electron chi connectivity index (χ2n) is 8.54. The van der Waals surface area contributed by atoms with E-state index in [4.69, 9.17) is 21.4 Å². The van der Waals surface area contributed by atoms with E-state index in [9.17, 15) is 15.0 Å². The van der Waals surface area contributed by atoms with Crippen molar-refractivity contribution >= 4 is 17.6 Å². The Balaban J connectivity index is 1.90. The summed E-state index contributed by atoms with van der Waals surface area (Å²) < 4.78 is 4.82. The molecule has 0 aliphatic heterocycles. The fourth-order valence-electron chi connectivity index (χ4n) is 4.31. The van der Waals surface area contributed by atoms with Crippen LogP contribution in [0, 0.1) is 17.8 Å². The number of alkyl halides is 1. The van der Waals surface area contributed by atoms with Crippen LogP contribution in [-0.4, -0.2) is 46.0 Å². The van der Waals surface area contributed by atoms with Crippen LogP contribution in [0.2, 0.25) is 0 Å². The number of carbonyl (C=O) groups excluding carboxylic acids is 1. The van der Waals surface area contributed by atoms with Crippen LogP contribution in [0.3, 0.4) is 0 Å². The fourth-order valence-corrected chi connectivity index (χ4v) is 4.74. The Morgan fingerprint density at radius 3 is 2.66 bits per heavy atom. The SMILES string of the molecule is CCCCCC(O)c1ccc(C2C(CC#CCCCC(=O)OCCO)[C@H](Cl)C[C@H]2O)cc1. The molecule has 1 aliphatic rings. The molecule has 0 saturated heterocycles. The molecule has 1 aromatic rings. The topological polar surface area (TPSA) is 87.0 Å². The standard InChI is InChI=1S/C26H37ClO5/c1-2-3-6-10-23(29)19-12-14-20(15-13-19)26-21(22(27)18-24(26)30)9-7-4-5-8-11-25(31)32-17-16-28/h12-15,21-24,26,28-30H,2-3,5-6,8-11,16-18H2,1H3/t21?,22-,23?,24-,26?/m1/s1. The van der Waals surface area contributed by atoms with E-state index in [2.05, 4.69) is 18.8 Å². The zero-order valence-corrected chi connectivity index (χ0v) is 19.8. The van der Waals surface area contributed by atoms with Crippen LogP contribution in [0.4, 0.5) is 0 Å². The van der Waals surface area contributed by atoms with Crippen molar-refractivity contribution in [3.8, 4) is 11.8 Å². The molecule has 5 nitrogen and oxygen atoms in total. The summed E-state index contributed by atoms with van der Waals surface area (Å²) in [5.41, 5.74) is 1.94. The van der Waals surface area contributed by atoms with E-state index >= 15 is 0 Å². The van der Waals surface area contributed by atoms with Gasteiger partial charge in [0.15, 0.2) is 0 Å². The largest absolute Gasteiger partial charge is 0.463 e. The molecule has 1 aromatic carbocycles. The van der Waals surface area contributed by atoms with E-state index in [1.807, 2.05) is 24.3 Å². The monoisotopic (exact) mass is 464 g/mol. The van der Waals surface area contributed by atoms with E-state index in [0.29, 0.717) is 25.7 Å². The van der Waals surface area contributed by atoms with Crippen molar-refractivity contribution in [2.45, 2.75) is 88.2 Å². The van der Waals surface area contributed by atoms with Crippen LogP contribution >= 0.6 is 11.6 Å². The van der Waals surface area contributed by atoms with Crippen molar-refractivity contribution in [3.63, 3.8) is 0 Å². The summed E-state index contributed by atoms with van der Waals surface area (Å²) in [5, 5.41) is 29.5.